The third-order valence-corrected chi connectivity index (χ3v) is 5.67. The fourth-order valence-electron chi connectivity index (χ4n) is 3.22. The largest absolute Gasteiger partial charge is 0.481 e. The summed E-state index contributed by atoms with van der Waals surface area (Å²) in [5, 5.41) is 18.9. The zero-order valence-electron chi connectivity index (χ0n) is 15.6. The number of thioether (sulfide) groups is 1. The van der Waals surface area contributed by atoms with Gasteiger partial charge < -0.3 is 15.1 Å². The Hall–Kier alpha value is -1.79. The first-order valence-electron chi connectivity index (χ1n) is 9.55. The molecule has 1 aliphatic heterocycles. The third-order valence-electron chi connectivity index (χ3n) is 4.60. The lowest BCUT2D eigenvalue weighted by molar-refractivity contribution is -0.136. The van der Waals surface area contributed by atoms with E-state index in [-0.39, 0.29) is 18.4 Å². The van der Waals surface area contributed by atoms with Gasteiger partial charge in [-0.25, -0.2) is 0 Å². The fourth-order valence-corrected chi connectivity index (χ4v) is 4.07. The average Bonchev–Trinajstić information content (AvgIpc) is 2.65. The highest BCUT2D eigenvalue weighted by molar-refractivity contribution is 7.99. The predicted octanol–water partition coefficient (Wildman–Crippen LogP) is 3.13. The van der Waals surface area contributed by atoms with Crippen LogP contribution in [0.1, 0.15) is 37.7 Å². The number of carbonyl (C=O) groups excluding carboxylic acids is 1. The van der Waals surface area contributed by atoms with Crippen molar-refractivity contribution in [1.29, 1.82) is 0 Å². The van der Waals surface area contributed by atoms with Gasteiger partial charge in [0.15, 0.2) is 0 Å². The van der Waals surface area contributed by atoms with Crippen molar-refractivity contribution in [3.63, 3.8) is 0 Å². The summed E-state index contributed by atoms with van der Waals surface area (Å²) in [6.07, 6.45) is 7.22. The summed E-state index contributed by atoms with van der Waals surface area (Å²) in [7, 11) is 0. The van der Waals surface area contributed by atoms with E-state index in [0.29, 0.717) is 25.1 Å². The first-order valence-corrected chi connectivity index (χ1v) is 10.7. The van der Waals surface area contributed by atoms with Gasteiger partial charge in [0.25, 0.3) is 0 Å². The minimum absolute atomic E-state index is 0.0423. The van der Waals surface area contributed by atoms with Gasteiger partial charge in [-0.15, -0.1) is 0 Å². The van der Waals surface area contributed by atoms with E-state index in [4.69, 9.17) is 5.11 Å². The highest BCUT2D eigenvalue weighted by Crippen LogP contribution is 2.20. The number of aliphatic carboxylic acids is 1. The quantitative estimate of drug-likeness (QED) is 0.448. The molecule has 1 unspecified atom stereocenters. The van der Waals surface area contributed by atoms with Crippen molar-refractivity contribution in [2.24, 2.45) is 0 Å². The van der Waals surface area contributed by atoms with E-state index in [1.54, 1.807) is 11.8 Å². The monoisotopic (exact) mass is 391 g/mol. The summed E-state index contributed by atoms with van der Waals surface area (Å²) in [6, 6.07) is 9.91. The molecule has 2 rings (SSSR count). The Morgan fingerprint density at radius 1 is 1.30 bits per heavy atom. The van der Waals surface area contributed by atoms with Gasteiger partial charge in [0.1, 0.15) is 0 Å². The van der Waals surface area contributed by atoms with Crippen LogP contribution < -0.4 is 0 Å². The Kier molecular flexibility index (Phi) is 9.42. The number of aliphatic hydroxyl groups is 1. The van der Waals surface area contributed by atoms with E-state index in [2.05, 4.69) is 0 Å². The minimum atomic E-state index is -0.770. The number of likely N-dealkylation sites (tertiary alicyclic amines) is 1. The first-order chi connectivity index (χ1) is 13.1. The van der Waals surface area contributed by atoms with Gasteiger partial charge in [-0.05, 0) is 30.6 Å². The number of piperidine rings is 1. The molecule has 2 atom stereocenters. The maximum absolute atomic E-state index is 12.3. The number of aliphatic hydroxyl groups excluding tert-OH is 1. The van der Waals surface area contributed by atoms with Crippen molar-refractivity contribution in [2.75, 3.05) is 18.1 Å². The summed E-state index contributed by atoms with van der Waals surface area (Å²) in [5.41, 5.74) is 1.09. The molecule has 0 aliphatic carbocycles. The second kappa shape index (κ2) is 11.8. The molecular weight excluding hydrogens is 362 g/mol. The Morgan fingerprint density at radius 3 is 2.81 bits per heavy atom. The maximum Gasteiger partial charge on any atom is 0.304 e. The first kappa shape index (κ1) is 21.5. The molecule has 2 N–H and O–H groups in total. The summed E-state index contributed by atoms with van der Waals surface area (Å²) < 4.78 is 0. The van der Waals surface area contributed by atoms with Gasteiger partial charge >= 0.3 is 5.97 Å². The molecule has 1 aromatic carbocycles. The molecule has 1 aliphatic rings. The van der Waals surface area contributed by atoms with Crippen molar-refractivity contribution in [2.45, 2.75) is 50.7 Å². The predicted molar refractivity (Wildman–Crippen MR) is 109 cm³/mol. The molecule has 0 radical (unpaired) electrons. The van der Waals surface area contributed by atoms with Crippen molar-refractivity contribution in [1.82, 2.24) is 4.90 Å². The van der Waals surface area contributed by atoms with Crippen molar-refractivity contribution < 1.29 is 19.8 Å². The van der Waals surface area contributed by atoms with Crippen LogP contribution in [0.5, 0.6) is 0 Å². The summed E-state index contributed by atoms with van der Waals surface area (Å²) in [5.74, 6) is 0.861. The SMILES string of the molecule is O=C(O)CCSCCCN1C(=O)CCC[C@@H]1/C=C/C(O)Cc1ccccc1. The van der Waals surface area contributed by atoms with Crippen LogP contribution in [-0.2, 0) is 16.0 Å². The Balaban J connectivity index is 1.79. The number of rotatable bonds is 11. The molecule has 27 heavy (non-hydrogen) atoms. The lowest BCUT2D eigenvalue weighted by Gasteiger charge is -2.34. The van der Waals surface area contributed by atoms with E-state index < -0.39 is 12.1 Å². The second-order valence-electron chi connectivity index (χ2n) is 6.80. The van der Waals surface area contributed by atoms with Gasteiger partial charge in [-0.2, -0.15) is 11.8 Å². The summed E-state index contributed by atoms with van der Waals surface area (Å²) in [4.78, 5) is 24.7. The molecule has 0 aromatic heterocycles. The van der Waals surface area contributed by atoms with Crippen LogP contribution in [0.3, 0.4) is 0 Å². The molecule has 1 heterocycles. The molecule has 1 amide bonds. The highest BCUT2D eigenvalue weighted by atomic mass is 32.2. The van der Waals surface area contributed by atoms with Crippen LogP contribution in [-0.4, -0.2) is 57.2 Å². The zero-order chi connectivity index (χ0) is 19.5. The molecule has 0 saturated carbocycles. The van der Waals surface area contributed by atoms with Gasteiger partial charge in [0.2, 0.25) is 5.91 Å². The molecule has 5 nitrogen and oxygen atoms in total. The number of amides is 1. The topological polar surface area (TPSA) is 77.8 Å². The normalized spacial score (nSPS) is 18.8. The van der Waals surface area contributed by atoms with Crippen LogP contribution in [0.25, 0.3) is 0 Å². The zero-order valence-corrected chi connectivity index (χ0v) is 16.4. The Bertz CT molecular complexity index is 620. The van der Waals surface area contributed by atoms with Crippen LogP contribution in [0.2, 0.25) is 0 Å². The molecule has 148 valence electrons. The van der Waals surface area contributed by atoms with Gasteiger partial charge in [-0.1, -0.05) is 42.5 Å². The molecule has 1 saturated heterocycles. The Morgan fingerprint density at radius 2 is 2.07 bits per heavy atom. The standard InChI is InChI=1S/C21H29NO4S/c23-19(16-17-6-2-1-3-7-17)11-10-18-8-4-9-20(24)22(18)13-5-14-27-15-12-21(25)26/h1-3,6-7,10-11,18-19,23H,4-5,8-9,12-16H2,(H,25,26)/b11-10+/t18-,19?/m1/s1. The third kappa shape index (κ3) is 8.18. The minimum Gasteiger partial charge on any atom is -0.481 e. The van der Waals surface area contributed by atoms with Gasteiger partial charge in [0.05, 0.1) is 18.6 Å². The van der Waals surface area contributed by atoms with Gasteiger partial charge in [-0.3, -0.25) is 9.59 Å². The number of nitrogens with zero attached hydrogens (tertiary/aromatic N) is 1. The summed E-state index contributed by atoms with van der Waals surface area (Å²) >= 11 is 1.62. The van der Waals surface area contributed by atoms with Crippen LogP contribution in [0, 0.1) is 0 Å². The molecule has 0 bridgehead atoms. The van der Waals surface area contributed by atoms with E-state index in [1.807, 2.05) is 47.4 Å². The van der Waals surface area contributed by atoms with Crippen LogP contribution >= 0.6 is 11.8 Å². The highest BCUT2D eigenvalue weighted by Gasteiger charge is 2.25. The number of carboxylic acids is 1. The maximum atomic E-state index is 12.3. The van der Waals surface area contributed by atoms with Crippen molar-refractivity contribution in [3.05, 3.63) is 48.0 Å². The molecule has 1 aromatic rings. The number of carbonyl (C=O) groups is 2. The molecule has 6 heteroatoms. The number of benzene rings is 1. The van der Waals surface area contributed by atoms with E-state index >= 15 is 0 Å². The number of carboxylic acid groups (broad SMARTS) is 1. The molecule has 0 spiro atoms. The average molecular weight is 392 g/mol. The van der Waals surface area contributed by atoms with Crippen molar-refractivity contribution in [3.8, 4) is 0 Å². The Labute approximate surface area is 165 Å². The van der Waals surface area contributed by atoms with E-state index in [1.165, 1.54) is 0 Å². The number of hydrogen-bond acceptors (Lipinski definition) is 4. The van der Waals surface area contributed by atoms with Crippen molar-refractivity contribution >= 4 is 23.6 Å². The lowest BCUT2D eigenvalue weighted by atomic mass is 9.99. The lowest BCUT2D eigenvalue weighted by Crippen LogP contribution is -2.43. The van der Waals surface area contributed by atoms with E-state index in [9.17, 15) is 14.7 Å². The molecule has 1 fully saturated rings. The van der Waals surface area contributed by atoms with E-state index in [0.717, 1.165) is 30.6 Å². The number of hydrogen-bond donors (Lipinski definition) is 2. The second-order valence-corrected chi connectivity index (χ2v) is 8.02. The molecular formula is C21H29NO4S. The fraction of sp³-hybridized carbons (Fsp3) is 0.524. The van der Waals surface area contributed by atoms with Crippen LogP contribution in [0.15, 0.2) is 42.5 Å². The van der Waals surface area contributed by atoms with Gasteiger partial charge in [0, 0.05) is 25.1 Å². The smallest absolute Gasteiger partial charge is 0.304 e. The summed E-state index contributed by atoms with van der Waals surface area (Å²) in [6.45, 7) is 0.683. The van der Waals surface area contributed by atoms with Crippen LogP contribution in [0.4, 0.5) is 0 Å².